The van der Waals surface area contributed by atoms with Gasteiger partial charge in [0, 0.05) is 6.42 Å². The van der Waals surface area contributed by atoms with Crippen molar-refractivity contribution >= 4 is 0 Å². The summed E-state index contributed by atoms with van der Waals surface area (Å²) < 4.78 is 4.80. The normalized spacial score (nSPS) is 11.2. The largest absolute Gasteiger partial charge is 0.256 e. The molecule has 0 aliphatic carbocycles. The second-order valence-corrected chi connectivity index (χ2v) is 5.43. The molecule has 1 aromatic carbocycles. The van der Waals surface area contributed by atoms with E-state index >= 15 is 0 Å². The van der Waals surface area contributed by atoms with Crippen LogP contribution in [-0.2, 0) is 13.0 Å². The monoisotopic (exact) mass is 257 g/mol. The lowest BCUT2D eigenvalue weighted by Crippen LogP contribution is -2.39. The summed E-state index contributed by atoms with van der Waals surface area (Å²) in [6.45, 7) is 7.73. The molecule has 19 heavy (non-hydrogen) atoms. The molecule has 1 aromatic heterocycles. The Morgan fingerprint density at radius 3 is 2.53 bits per heavy atom. The number of nitrogens with zero attached hydrogens (tertiary/aromatic N) is 2. The third-order valence-corrected chi connectivity index (χ3v) is 3.54. The summed E-state index contributed by atoms with van der Waals surface area (Å²) >= 11 is 0. The van der Waals surface area contributed by atoms with Crippen molar-refractivity contribution in [3.8, 4) is 0 Å². The first-order chi connectivity index (χ1) is 9.22. The Morgan fingerprint density at radius 1 is 1.16 bits per heavy atom. The zero-order valence-corrected chi connectivity index (χ0v) is 12.3. The van der Waals surface area contributed by atoms with Crippen LogP contribution in [0.2, 0.25) is 0 Å². The third kappa shape index (κ3) is 3.46. The van der Waals surface area contributed by atoms with Gasteiger partial charge in [0.2, 0.25) is 0 Å². The van der Waals surface area contributed by atoms with Crippen molar-refractivity contribution in [3.63, 3.8) is 0 Å². The van der Waals surface area contributed by atoms with Crippen molar-refractivity contribution < 1.29 is 4.57 Å². The summed E-state index contributed by atoms with van der Waals surface area (Å²) in [6.07, 6.45) is 8.10. The first-order valence-electron chi connectivity index (χ1n) is 7.35. The molecule has 1 heterocycles. The predicted octanol–water partition coefficient (Wildman–Crippen LogP) is 3.75. The lowest BCUT2D eigenvalue weighted by Gasteiger charge is -2.07. The molecule has 2 aromatic rings. The number of hydrogen-bond donors (Lipinski definition) is 0. The minimum Gasteiger partial charge on any atom is -0.232 e. The average Bonchev–Trinajstić information content (AvgIpc) is 2.80. The quantitative estimate of drug-likeness (QED) is 0.697. The van der Waals surface area contributed by atoms with Crippen LogP contribution in [-0.4, -0.2) is 4.57 Å². The van der Waals surface area contributed by atoms with Gasteiger partial charge in [-0.05, 0) is 25.8 Å². The minimum atomic E-state index is 0.531. The van der Waals surface area contributed by atoms with E-state index in [1.165, 1.54) is 24.2 Å². The molecule has 0 saturated carbocycles. The lowest BCUT2D eigenvalue weighted by atomic mass is 10.2. The molecule has 0 spiro atoms. The van der Waals surface area contributed by atoms with E-state index < -0.39 is 0 Å². The molecule has 0 fully saturated rings. The Kier molecular flexibility index (Phi) is 4.78. The smallest absolute Gasteiger partial charge is 0.232 e. The standard InChI is InChI=1S/C17H25N2/c1-4-5-11-17-18(12-13-19(17)15(2)3)14-16-9-7-6-8-10-16/h6-10,12-13,15H,4-5,11,14H2,1-3H3/q+1. The summed E-state index contributed by atoms with van der Waals surface area (Å²) in [5.74, 6) is 1.45. The summed E-state index contributed by atoms with van der Waals surface area (Å²) in [4.78, 5) is 0. The van der Waals surface area contributed by atoms with E-state index in [2.05, 4.69) is 72.6 Å². The Bertz CT molecular complexity index is 497. The Labute approximate surface area is 116 Å². The summed E-state index contributed by atoms with van der Waals surface area (Å²) in [6, 6.07) is 11.2. The molecule has 0 amide bonds. The van der Waals surface area contributed by atoms with E-state index in [9.17, 15) is 0 Å². The van der Waals surface area contributed by atoms with Gasteiger partial charge in [0.1, 0.15) is 18.9 Å². The number of aromatic nitrogens is 2. The van der Waals surface area contributed by atoms with Crippen LogP contribution in [0.1, 0.15) is 51.0 Å². The molecule has 2 heteroatoms. The highest BCUT2D eigenvalue weighted by Crippen LogP contribution is 2.09. The van der Waals surface area contributed by atoms with Crippen LogP contribution in [0.3, 0.4) is 0 Å². The van der Waals surface area contributed by atoms with E-state index in [4.69, 9.17) is 0 Å². The zero-order chi connectivity index (χ0) is 13.7. The molecule has 0 bridgehead atoms. The summed E-state index contributed by atoms with van der Waals surface area (Å²) in [5, 5.41) is 0. The van der Waals surface area contributed by atoms with E-state index in [0.717, 1.165) is 13.0 Å². The van der Waals surface area contributed by atoms with E-state index in [1.54, 1.807) is 0 Å². The Hall–Kier alpha value is -1.57. The second kappa shape index (κ2) is 6.55. The molecule has 0 atom stereocenters. The molecule has 102 valence electrons. The summed E-state index contributed by atoms with van der Waals surface area (Å²) in [7, 11) is 0. The van der Waals surface area contributed by atoms with E-state index in [1.807, 2.05) is 0 Å². The number of unbranched alkanes of at least 4 members (excludes halogenated alkanes) is 1. The zero-order valence-electron chi connectivity index (χ0n) is 12.3. The van der Waals surface area contributed by atoms with Crippen molar-refractivity contribution in [2.75, 3.05) is 0 Å². The van der Waals surface area contributed by atoms with Gasteiger partial charge in [-0.25, -0.2) is 9.13 Å². The maximum atomic E-state index is 2.40. The van der Waals surface area contributed by atoms with Gasteiger partial charge in [-0.2, -0.15) is 0 Å². The molecule has 0 radical (unpaired) electrons. The van der Waals surface area contributed by atoms with Gasteiger partial charge in [0.15, 0.2) is 0 Å². The highest BCUT2D eigenvalue weighted by molar-refractivity contribution is 5.15. The topological polar surface area (TPSA) is 8.81 Å². The van der Waals surface area contributed by atoms with Crippen molar-refractivity contribution in [3.05, 3.63) is 54.1 Å². The number of imidazole rings is 1. The third-order valence-electron chi connectivity index (χ3n) is 3.54. The van der Waals surface area contributed by atoms with Gasteiger partial charge in [0.05, 0.1) is 6.04 Å². The van der Waals surface area contributed by atoms with Gasteiger partial charge in [-0.1, -0.05) is 43.7 Å². The van der Waals surface area contributed by atoms with Gasteiger partial charge < -0.3 is 0 Å². The molecule has 0 aliphatic rings. The second-order valence-electron chi connectivity index (χ2n) is 5.43. The highest BCUT2D eigenvalue weighted by atomic mass is 15.2. The van der Waals surface area contributed by atoms with Crippen molar-refractivity contribution in [1.29, 1.82) is 0 Å². The van der Waals surface area contributed by atoms with E-state index in [-0.39, 0.29) is 0 Å². The molecular formula is C17H25N2+. The number of benzene rings is 1. The van der Waals surface area contributed by atoms with Gasteiger partial charge >= 0.3 is 0 Å². The van der Waals surface area contributed by atoms with Gasteiger partial charge in [-0.3, -0.25) is 0 Å². The van der Waals surface area contributed by atoms with Crippen LogP contribution in [0, 0.1) is 0 Å². The average molecular weight is 257 g/mol. The van der Waals surface area contributed by atoms with Crippen molar-refractivity contribution in [2.45, 2.75) is 52.6 Å². The molecule has 2 nitrogen and oxygen atoms in total. The fraction of sp³-hybridized carbons (Fsp3) is 0.471. The minimum absolute atomic E-state index is 0.531. The van der Waals surface area contributed by atoms with Crippen LogP contribution >= 0.6 is 0 Å². The number of rotatable bonds is 6. The molecule has 2 rings (SSSR count). The Morgan fingerprint density at radius 2 is 1.89 bits per heavy atom. The highest BCUT2D eigenvalue weighted by Gasteiger charge is 2.18. The van der Waals surface area contributed by atoms with Crippen LogP contribution in [0.5, 0.6) is 0 Å². The van der Waals surface area contributed by atoms with Crippen molar-refractivity contribution in [2.24, 2.45) is 0 Å². The lowest BCUT2D eigenvalue weighted by molar-refractivity contribution is -0.722. The Balaban J connectivity index is 2.24. The predicted molar refractivity (Wildman–Crippen MR) is 79.2 cm³/mol. The van der Waals surface area contributed by atoms with Crippen LogP contribution < -0.4 is 4.57 Å². The first-order valence-corrected chi connectivity index (χ1v) is 7.35. The fourth-order valence-electron chi connectivity index (χ4n) is 2.47. The summed E-state index contributed by atoms with van der Waals surface area (Å²) in [5.41, 5.74) is 1.37. The SMILES string of the molecule is CCCCc1n(Cc2ccccc2)cc[n+]1C(C)C. The maximum Gasteiger partial charge on any atom is 0.256 e. The van der Waals surface area contributed by atoms with Crippen LogP contribution in [0.15, 0.2) is 42.7 Å². The first kappa shape index (κ1) is 13.9. The van der Waals surface area contributed by atoms with Crippen molar-refractivity contribution in [1.82, 2.24) is 4.57 Å². The number of hydrogen-bond acceptors (Lipinski definition) is 0. The van der Waals surface area contributed by atoms with Crippen LogP contribution in [0.25, 0.3) is 0 Å². The molecular weight excluding hydrogens is 232 g/mol. The van der Waals surface area contributed by atoms with Gasteiger partial charge in [-0.15, -0.1) is 0 Å². The molecule has 0 N–H and O–H groups in total. The fourth-order valence-corrected chi connectivity index (χ4v) is 2.47. The molecule has 0 unspecified atom stereocenters. The molecule has 0 saturated heterocycles. The molecule has 0 aliphatic heterocycles. The van der Waals surface area contributed by atoms with Gasteiger partial charge in [0.25, 0.3) is 5.82 Å². The van der Waals surface area contributed by atoms with E-state index in [0.29, 0.717) is 6.04 Å². The maximum absolute atomic E-state index is 2.40. The van der Waals surface area contributed by atoms with Crippen LogP contribution in [0.4, 0.5) is 0 Å².